The minimum Gasteiger partial charge on any atom is -0.493 e. The molecule has 0 aliphatic heterocycles. The number of aromatic nitrogens is 1. The zero-order chi connectivity index (χ0) is 15.4. The molecule has 0 unspecified atom stereocenters. The highest BCUT2D eigenvalue weighted by molar-refractivity contribution is 5.95. The van der Waals surface area contributed by atoms with Crippen molar-refractivity contribution in [1.29, 1.82) is 0 Å². The summed E-state index contributed by atoms with van der Waals surface area (Å²) < 4.78 is 10.3. The van der Waals surface area contributed by atoms with E-state index in [0.717, 1.165) is 0 Å². The number of anilines is 3. The first-order valence-corrected chi connectivity index (χ1v) is 6.03. The molecule has 1 aromatic heterocycles. The first-order valence-electron chi connectivity index (χ1n) is 6.03. The van der Waals surface area contributed by atoms with Gasteiger partial charge in [-0.3, -0.25) is 0 Å². The number of carbonyl (C=O) groups is 1. The van der Waals surface area contributed by atoms with Crippen LogP contribution < -0.4 is 20.5 Å². The Morgan fingerprint density at radius 2 is 1.95 bits per heavy atom. The van der Waals surface area contributed by atoms with E-state index in [2.05, 4.69) is 10.3 Å². The second-order valence-corrected chi connectivity index (χ2v) is 4.16. The molecule has 0 bridgehead atoms. The lowest BCUT2D eigenvalue weighted by atomic mass is 10.2. The summed E-state index contributed by atoms with van der Waals surface area (Å²) in [6.07, 6.45) is 1.38. The van der Waals surface area contributed by atoms with Crippen LogP contribution in [0.4, 0.5) is 17.2 Å². The fourth-order valence-electron chi connectivity index (χ4n) is 1.79. The van der Waals surface area contributed by atoms with Gasteiger partial charge in [0.05, 0.1) is 26.1 Å². The van der Waals surface area contributed by atoms with E-state index in [9.17, 15) is 9.90 Å². The molecule has 0 aliphatic carbocycles. The summed E-state index contributed by atoms with van der Waals surface area (Å²) >= 11 is 0. The van der Waals surface area contributed by atoms with Crippen molar-refractivity contribution in [3.8, 4) is 11.5 Å². The van der Waals surface area contributed by atoms with Gasteiger partial charge in [0.25, 0.3) is 0 Å². The Bertz CT molecular complexity index is 673. The average Bonchev–Trinajstić information content (AvgIpc) is 2.48. The van der Waals surface area contributed by atoms with Gasteiger partial charge in [-0.2, -0.15) is 0 Å². The first-order chi connectivity index (χ1) is 10.0. The number of nitrogens with zero attached hydrogens (tertiary/aromatic N) is 1. The minimum absolute atomic E-state index is 0.00946. The number of nitrogens with two attached hydrogens (primary N) is 1. The van der Waals surface area contributed by atoms with Crippen LogP contribution in [-0.4, -0.2) is 30.3 Å². The van der Waals surface area contributed by atoms with Crippen LogP contribution in [0.2, 0.25) is 0 Å². The number of benzene rings is 1. The highest BCUT2D eigenvalue weighted by Crippen LogP contribution is 2.31. The quantitative estimate of drug-likeness (QED) is 0.773. The van der Waals surface area contributed by atoms with Crippen LogP contribution in [-0.2, 0) is 0 Å². The van der Waals surface area contributed by atoms with E-state index in [1.165, 1.54) is 26.5 Å². The number of carboxylic acid groups (broad SMARTS) is 1. The van der Waals surface area contributed by atoms with Gasteiger partial charge in [0.1, 0.15) is 11.4 Å². The van der Waals surface area contributed by atoms with E-state index >= 15 is 0 Å². The molecule has 1 heterocycles. The summed E-state index contributed by atoms with van der Waals surface area (Å²) in [6.45, 7) is 0. The van der Waals surface area contributed by atoms with E-state index in [-0.39, 0.29) is 17.1 Å². The minimum atomic E-state index is -1.11. The lowest BCUT2D eigenvalue weighted by Crippen LogP contribution is -2.06. The first kappa shape index (κ1) is 14.4. The fourth-order valence-corrected chi connectivity index (χ4v) is 1.79. The predicted octanol–water partition coefficient (Wildman–Crippen LogP) is 2.12. The predicted molar refractivity (Wildman–Crippen MR) is 78.4 cm³/mol. The highest BCUT2D eigenvalue weighted by atomic mass is 16.5. The molecule has 0 spiro atoms. The zero-order valence-electron chi connectivity index (χ0n) is 11.6. The van der Waals surface area contributed by atoms with E-state index in [1.807, 2.05) is 0 Å². The number of hydrogen-bond donors (Lipinski definition) is 3. The molecule has 0 saturated carbocycles. The Kier molecular flexibility index (Phi) is 4.13. The molecule has 21 heavy (non-hydrogen) atoms. The molecule has 0 radical (unpaired) electrons. The van der Waals surface area contributed by atoms with Crippen molar-refractivity contribution < 1.29 is 19.4 Å². The number of pyridine rings is 1. The molecule has 0 saturated heterocycles. The molecule has 2 aromatic rings. The normalized spacial score (nSPS) is 10.0. The maximum absolute atomic E-state index is 11.2. The molecule has 7 heteroatoms. The van der Waals surface area contributed by atoms with Crippen molar-refractivity contribution in [1.82, 2.24) is 4.98 Å². The van der Waals surface area contributed by atoms with E-state index in [1.54, 1.807) is 18.2 Å². The third-order valence-corrected chi connectivity index (χ3v) is 2.79. The van der Waals surface area contributed by atoms with E-state index < -0.39 is 5.97 Å². The smallest absolute Gasteiger partial charge is 0.339 e. The van der Waals surface area contributed by atoms with Gasteiger partial charge < -0.3 is 25.6 Å². The maximum Gasteiger partial charge on any atom is 0.339 e. The topological polar surface area (TPSA) is 107 Å². The Morgan fingerprint density at radius 3 is 2.57 bits per heavy atom. The number of nitrogens with one attached hydrogen (secondary N) is 1. The Balaban J connectivity index is 2.36. The van der Waals surface area contributed by atoms with Crippen LogP contribution in [0, 0.1) is 0 Å². The fraction of sp³-hybridized carbons (Fsp3) is 0.143. The zero-order valence-corrected chi connectivity index (χ0v) is 11.6. The van der Waals surface area contributed by atoms with Crippen LogP contribution in [0.15, 0.2) is 30.5 Å². The van der Waals surface area contributed by atoms with Crippen LogP contribution >= 0.6 is 0 Å². The summed E-state index contributed by atoms with van der Waals surface area (Å²) in [7, 11) is 3.06. The number of hydrogen-bond acceptors (Lipinski definition) is 6. The summed E-state index contributed by atoms with van der Waals surface area (Å²) in [5.41, 5.74) is 6.44. The molecule has 0 fully saturated rings. The van der Waals surface area contributed by atoms with Gasteiger partial charge in [0, 0.05) is 11.8 Å². The number of nitrogen functional groups attached to an aromatic ring is 1. The van der Waals surface area contributed by atoms with Crippen LogP contribution in [0.5, 0.6) is 11.5 Å². The molecule has 1 aromatic carbocycles. The number of carboxylic acids is 1. The van der Waals surface area contributed by atoms with Gasteiger partial charge in [0.15, 0.2) is 11.5 Å². The number of rotatable bonds is 5. The summed E-state index contributed by atoms with van der Waals surface area (Å²) in [5, 5.41) is 12.1. The van der Waals surface area contributed by atoms with Crippen molar-refractivity contribution in [3.63, 3.8) is 0 Å². The van der Waals surface area contributed by atoms with Gasteiger partial charge in [0.2, 0.25) is 0 Å². The van der Waals surface area contributed by atoms with Crippen molar-refractivity contribution in [2.24, 2.45) is 0 Å². The lowest BCUT2D eigenvalue weighted by molar-refractivity contribution is 0.0697. The van der Waals surface area contributed by atoms with Gasteiger partial charge in [-0.1, -0.05) is 0 Å². The summed E-state index contributed by atoms with van der Waals surface area (Å²) in [4.78, 5) is 15.2. The van der Waals surface area contributed by atoms with Gasteiger partial charge in [-0.25, -0.2) is 9.78 Å². The standard InChI is InChI=1S/C14H15N3O4/c1-20-11-4-3-9(6-12(11)21-2)17-13-10(14(18)19)5-8(15)7-16-13/h3-7H,15H2,1-2H3,(H,16,17)(H,18,19). The molecule has 2 rings (SSSR count). The van der Waals surface area contributed by atoms with Crippen molar-refractivity contribution >= 4 is 23.2 Å². The third-order valence-electron chi connectivity index (χ3n) is 2.79. The monoisotopic (exact) mass is 289 g/mol. The lowest BCUT2D eigenvalue weighted by Gasteiger charge is -2.12. The summed E-state index contributed by atoms with van der Waals surface area (Å²) in [6, 6.07) is 6.46. The van der Waals surface area contributed by atoms with E-state index in [0.29, 0.717) is 17.2 Å². The average molecular weight is 289 g/mol. The SMILES string of the molecule is COc1ccc(Nc2ncc(N)cc2C(=O)O)cc1OC. The third kappa shape index (κ3) is 3.14. The van der Waals surface area contributed by atoms with Crippen molar-refractivity contribution in [2.75, 3.05) is 25.3 Å². The van der Waals surface area contributed by atoms with Crippen LogP contribution in [0.1, 0.15) is 10.4 Å². The summed E-state index contributed by atoms with van der Waals surface area (Å²) in [5.74, 6) is 0.184. The second kappa shape index (κ2) is 6.00. The van der Waals surface area contributed by atoms with E-state index in [4.69, 9.17) is 15.2 Å². The Morgan fingerprint density at radius 1 is 1.24 bits per heavy atom. The Hall–Kier alpha value is -2.96. The van der Waals surface area contributed by atoms with Crippen LogP contribution in [0.25, 0.3) is 0 Å². The van der Waals surface area contributed by atoms with Crippen LogP contribution in [0.3, 0.4) is 0 Å². The molecule has 7 nitrogen and oxygen atoms in total. The number of methoxy groups -OCH3 is 2. The van der Waals surface area contributed by atoms with Crippen molar-refractivity contribution in [3.05, 3.63) is 36.0 Å². The number of aromatic carboxylic acids is 1. The maximum atomic E-state index is 11.2. The van der Waals surface area contributed by atoms with Gasteiger partial charge in [-0.05, 0) is 18.2 Å². The highest BCUT2D eigenvalue weighted by Gasteiger charge is 2.13. The molecule has 4 N–H and O–H groups in total. The van der Waals surface area contributed by atoms with Gasteiger partial charge in [-0.15, -0.1) is 0 Å². The second-order valence-electron chi connectivity index (χ2n) is 4.16. The molecule has 0 aliphatic rings. The number of ether oxygens (including phenoxy) is 2. The molecular formula is C14H15N3O4. The largest absolute Gasteiger partial charge is 0.493 e. The van der Waals surface area contributed by atoms with Crippen molar-refractivity contribution in [2.45, 2.75) is 0 Å². The molecular weight excluding hydrogens is 274 g/mol. The Labute approximate surface area is 121 Å². The van der Waals surface area contributed by atoms with Gasteiger partial charge >= 0.3 is 5.97 Å². The molecule has 110 valence electrons. The molecule has 0 amide bonds. The molecule has 0 atom stereocenters.